The molecule has 1 aromatic heterocycles. The molecule has 0 bridgehead atoms. The number of ether oxygens (including phenoxy) is 1. The van der Waals surface area contributed by atoms with Gasteiger partial charge in [-0.05, 0) is 44.2 Å². The van der Waals surface area contributed by atoms with Crippen molar-refractivity contribution in [1.82, 2.24) is 9.80 Å². The van der Waals surface area contributed by atoms with Crippen LogP contribution in [0.25, 0.3) is 5.76 Å². The van der Waals surface area contributed by atoms with Crippen LogP contribution in [0.2, 0.25) is 0 Å². The number of piperazine rings is 1. The highest BCUT2D eigenvalue weighted by molar-refractivity contribution is 7.16. The predicted molar refractivity (Wildman–Crippen MR) is 117 cm³/mol. The van der Waals surface area contributed by atoms with Gasteiger partial charge in [-0.2, -0.15) is 0 Å². The summed E-state index contributed by atoms with van der Waals surface area (Å²) in [6.45, 7) is 22.4. The van der Waals surface area contributed by atoms with Gasteiger partial charge in [-0.1, -0.05) is 27.0 Å². The van der Waals surface area contributed by atoms with Crippen molar-refractivity contribution in [2.75, 3.05) is 51.2 Å². The average Bonchev–Trinajstić information content (AvgIpc) is 2.99. The molecule has 2 heterocycles. The maximum absolute atomic E-state index is 5.80. The fraction of sp³-hybridized carbons (Fsp3) is 0.636. The first-order valence-electron chi connectivity index (χ1n) is 10.4. The Morgan fingerprint density at radius 1 is 1.19 bits per heavy atom. The largest absolute Gasteiger partial charge is 0.494 e. The molecule has 0 amide bonds. The number of hydrogen-bond acceptors (Lipinski definition) is 5. The number of fused-ring (bicyclic) bond motifs is 1. The molecule has 27 heavy (non-hydrogen) atoms. The van der Waals surface area contributed by atoms with Crippen LogP contribution in [0.3, 0.4) is 0 Å². The Morgan fingerprint density at radius 2 is 1.89 bits per heavy atom. The Labute approximate surface area is 168 Å². The molecular formula is C22H35N3OS. The topological polar surface area (TPSA) is 27.7 Å². The first kappa shape index (κ1) is 20.4. The van der Waals surface area contributed by atoms with E-state index < -0.39 is 0 Å². The summed E-state index contributed by atoms with van der Waals surface area (Å²) in [5, 5.41) is 4.79. The number of thiophene rings is 1. The Balaban J connectivity index is 1.70. The monoisotopic (exact) mass is 389 g/mol. The van der Waals surface area contributed by atoms with Crippen LogP contribution in [0.4, 0.5) is 5.00 Å². The van der Waals surface area contributed by atoms with Crippen LogP contribution < -0.4 is 5.32 Å². The fourth-order valence-corrected chi connectivity index (χ4v) is 5.59. The number of nitrogens with zero attached hydrogens (tertiary/aromatic N) is 2. The predicted octanol–water partition coefficient (Wildman–Crippen LogP) is 4.44. The minimum absolute atomic E-state index is 0.655. The van der Waals surface area contributed by atoms with Crippen LogP contribution in [0.5, 0.6) is 0 Å². The minimum atomic E-state index is 0.655. The summed E-state index contributed by atoms with van der Waals surface area (Å²) in [6, 6.07) is 0. The van der Waals surface area contributed by atoms with Crippen molar-refractivity contribution in [3.63, 3.8) is 0 Å². The Hall–Kier alpha value is -1.30. The lowest BCUT2D eigenvalue weighted by Crippen LogP contribution is -2.46. The van der Waals surface area contributed by atoms with E-state index in [9.17, 15) is 0 Å². The third-order valence-electron chi connectivity index (χ3n) is 5.73. The zero-order chi connectivity index (χ0) is 19.4. The van der Waals surface area contributed by atoms with Crippen molar-refractivity contribution >= 4 is 22.1 Å². The minimum Gasteiger partial charge on any atom is -0.494 e. The zero-order valence-corrected chi connectivity index (χ0v) is 18.1. The fourth-order valence-electron chi connectivity index (χ4n) is 4.11. The van der Waals surface area contributed by atoms with Crippen LogP contribution in [0.1, 0.15) is 43.2 Å². The van der Waals surface area contributed by atoms with Gasteiger partial charge in [0.15, 0.2) is 0 Å². The van der Waals surface area contributed by atoms with Gasteiger partial charge in [0.25, 0.3) is 0 Å². The van der Waals surface area contributed by atoms with E-state index in [0.29, 0.717) is 6.61 Å². The molecule has 0 aromatic carbocycles. The van der Waals surface area contributed by atoms with Gasteiger partial charge in [0.1, 0.15) is 10.8 Å². The second-order valence-corrected chi connectivity index (χ2v) is 8.96. The lowest BCUT2D eigenvalue weighted by atomic mass is 9.88. The SMILES string of the molecule is C=C(CN1CCN(CC)CC1)Nc1sc2c(c1C(=C)OCC)CCC(C)C2. The Bertz CT molecular complexity index is 673. The molecule has 1 atom stereocenters. The van der Waals surface area contributed by atoms with Crippen molar-refractivity contribution in [3.8, 4) is 0 Å². The van der Waals surface area contributed by atoms with E-state index in [0.717, 1.165) is 63.1 Å². The van der Waals surface area contributed by atoms with E-state index in [2.05, 4.69) is 42.1 Å². The molecule has 2 aliphatic rings. The third-order valence-corrected chi connectivity index (χ3v) is 6.90. The van der Waals surface area contributed by atoms with E-state index in [1.54, 1.807) is 0 Å². The van der Waals surface area contributed by atoms with Gasteiger partial charge in [0.2, 0.25) is 0 Å². The second kappa shape index (κ2) is 9.26. The van der Waals surface area contributed by atoms with Gasteiger partial charge < -0.3 is 15.0 Å². The normalized spacial score (nSPS) is 20.9. The van der Waals surface area contributed by atoms with Gasteiger partial charge in [0.05, 0.1) is 12.2 Å². The van der Waals surface area contributed by atoms with E-state index in [1.807, 2.05) is 18.3 Å². The van der Waals surface area contributed by atoms with E-state index in [1.165, 1.54) is 33.8 Å². The summed E-state index contributed by atoms with van der Waals surface area (Å²) in [6.07, 6.45) is 3.54. The number of anilines is 1. The van der Waals surface area contributed by atoms with Gasteiger partial charge in [0, 0.05) is 43.3 Å². The zero-order valence-electron chi connectivity index (χ0n) is 17.3. The molecule has 1 N–H and O–H groups in total. The third kappa shape index (κ3) is 4.95. The van der Waals surface area contributed by atoms with Crippen molar-refractivity contribution in [2.45, 2.75) is 40.0 Å². The maximum atomic E-state index is 5.80. The van der Waals surface area contributed by atoms with E-state index in [-0.39, 0.29) is 0 Å². The van der Waals surface area contributed by atoms with Gasteiger partial charge in [-0.15, -0.1) is 11.3 Å². The molecule has 0 radical (unpaired) electrons. The van der Waals surface area contributed by atoms with Crippen molar-refractivity contribution in [3.05, 3.63) is 34.9 Å². The summed E-state index contributed by atoms with van der Waals surface area (Å²) in [5.41, 5.74) is 3.71. The summed E-state index contributed by atoms with van der Waals surface area (Å²) >= 11 is 1.87. The smallest absolute Gasteiger partial charge is 0.122 e. The van der Waals surface area contributed by atoms with Crippen LogP contribution in [0.15, 0.2) is 18.9 Å². The molecule has 0 spiro atoms. The van der Waals surface area contributed by atoms with Crippen molar-refractivity contribution < 1.29 is 4.74 Å². The lowest BCUT2D eigenvalue weighted by Gasteiger charge is -2.34. The molecule has 1 aliphatic carbocycles. The Morgan fingerprint density at radius 3 is 2.56 bits per heavy atom. The molecule has 1 unspecified atom stereocenters. The van der Waals surface area contributed by atoms with Gasteiger partial charge in [-0.3, -0.25) is 4.90 Å². The van der Waals surface area contributed by atoms with E-state index in [4.69, 9.17) is 4.74 Å². The molecule has 1 fully saturated rings. The number of rotatable bonds is 8. The summed E-state index contributed by atoms with van der Waals surface area (Å²) in [5.74, 6) is 1.56. The van der Waals surface area contributed by atoms with Crippen LogP contribution >= 0.6 is 11.3 Å². The first-order chi connectivity index (χ1) is 13.0. The number of nitrogens with one attached hydrogen (secondary N) is 1. The quantitative estimate of drug-likeness (QED) is 0.665. The standard InChI is InChI=1S/C22H35N3OS/c1-6-24-10-12-25(13-11-24)15-17(4)23-22-21(18(5)26-7-2)19-9-8-16(3)14-20(19)27-22/h16,23H,4-15H2,1-3H3. The molecule has 5 heteroatoms. The summed E-state index contributed by atoms with van der Waals surface area (Å²) < 4.78 is 5.80. The summed E-state index contributed by atoms with van der Waals surface area (Å²) in [4.78, 5) is 6.50. The molecule has 1 aromatic rings. The maximum Gasteiger partial charge on any atom is 0.122 e. The molecule has 0 saturated carbocycles. The van der Waals surface area contributed by atoms with Crippen LogP contribution in [0, 0.1) is 5.92 Å². The van der Waals surface area contributed by atoms with Crippen molar-refractivity contribution in [2.24, 2.45) is 5.92 Å². The first-order valence-corrected chi connectivity index (χ1v) is 11.2. The molecule has 1 aliphatic heterocycles. The van der Waals surface area contributed by atoms with Crippen molar-refractivity contribution in [1.29, 1.82) is 0 Å². The highest BCUT2D eigenvalue weighted by atomic mass is 32.1. The van der Waals surface area contributed by atoms with Gasteiger partial charge >= 0.3 is 0 Å². The number of hydrogen-bond donors (Lipinski definition) is 1. The molecule has 1 saturated heterocycles. The molecule has 3 rings (SSSR count). The molecular weight excluding hydrogens is 354 g/mol. The van der Waals surface area contributed by atoms with Gasteiger partial charge in [-0.25, -0.2) is 0 Å². The van der Waals surface area contributed by atoms with Crippen LogP contribution in [-0.4, -0.2) is 55.7 Å². The molecule has 150 valence electrons. The van der Waals surface area contributed by atoms with E-state index >= 15 is 0 Å². The summed E-state index contributed by atoms with van der Waals surface area (Å²) in [7, 11) is 0. The second-order valence-electron chi connectivity index (χ2n) is 7.85. The average molecular weight is 390 g/mol. The lowest BCUT2D eigenvalue weighted by molar-refractivity contribution is 0.146. The highest BCUT2D eigenvalue weighted by Crippen LogP contribution is 2.43. The molecule has 4 nitrogen and oxygen atoms in total. The number of likely N-dealkylation sites (N-methyl/N-ethyl adjacent to an activating group) is 1. The Kier molecular flexibility index (Phi) is 7.01. The van der Waals surface area contributed by atoms with Crippen LogP contribution in [-0.2, 0) is 17.6 Å². The highest BCUT2D eigenvalue weighted by Gasteiger charge is 2.26.